The zero-order chi connectivity index (χ0) is 30.6. The summed E-state index contributed by atoms with van der Waals surface area (Å²) in [6, 6.07) is 22.9. The number of aryl methyl sites for hydroxylation is 1. The van der Waals surface area contributed by atoms with Crippen molar-refractivity contribution in [2.75, 3.05) is 0 Å². The molecule has 7 nitrogen and oxygen atoms in total. The van der Waals surface area contributed by atoms with E-state index in [1.54, 1.807) is 36.5 Å². The number of halogens is 3. The van der Waals surface area contributed by atoms with Gasteiger partial charge in [0.2, 0.25) is 0 Å². The summed E-state index contributed by atoms with van der Waals surface area (Å²) in [5.74, 6) is -0.522. The number of benzene rings is 4. The third-order valence-electron chi connectivity index (χ3n) is 7.44. The van der Waals surface area contributed by atoms with Gasteiger partial charge in [-0.05, 0) is 77.2 Å². The Labute approximate surface area is 248 Å². The number of fused-ring (bicyclic) bond motifs is 5. The fourth-order valence-corrected chi connectivity index (χ4v) is 5.54. The quantitative estimate of drug-likeness (QED) is 0.154. The highest BCUT2D eigenvalue weighted by molar-refractivity contribution is 6.06. The maximum Gasteiger partial charge on any atom is 0.573 e. The van der Waals surface area contributed by atoms with Gasteiger partial charge in [-0.1, -0.05) is 30.3 Å². The third-order valence-corrected chi connectivity index (χ3v) is 7.44. The van der Waals surface area contributed by atoms with Gasteiger partial charge in [0.05, 0.1) is 58.5 Å². The minimum atomic E-state index is -5.01. The summed E-state index contributed by atoms with van der Waals surface area (Å²) >= 11 is 0. The van der Waals surface area contributed by atoms with E-state index in [0.29, 0.717) is 38.9 Å². The van der Waals surface area contributed by atoms with Crippen LogP contribution < -0.4 is 4.74 Å². The van der Waals surface area contributed by atoms with Crippen LogP contribution in [0.15, 0.2) is 90.9 Å². The second-order valence-electron chi connectivity index (χ2n) is 10.1. The molecule has 210 valence electrons. The van der Waals surface area contributed by atoms with Gasteiger partial charge < -0.3 is 4.74 Å². The van der Waals surface area contributed by atoms with Crippen LogP contribution in [-0.4, -0.2) is 26.3 Å². The number of nitrogens with zero attached hydrogens (tertiary/aromatic N) is 6. The molecule has 44 heavy (non-hydrogen) atoms. The van der Waals surface area contributed by atoms with Crippen LogP contribution in [0, 0.1) is 24.8 Å². The molecule has 0 bridgehead atoms. The monoisotopic (exact) mass is 582 g/mol. The summed E-state index contributed by atoms with van der Waals surface area (Å²) in [7, 11) is 0. The number of rotatable bonds is 3. The molecule has 0 aliphatic heterocycles. The van der Waals surface area contributed by atoms with Crippen LogP contribution in [0.2, 0.25) is 0 Å². The number of nitriles is 1. The molecule has 0 spiro atoms. The van der Waals surface area contributed by atoms with Gasteiger partial charge in [0.15, 0.2) is 0 Å². The van der Waals surface area contributed by atoms with Crippen molar-refractivity contribution in [3.8, 4) is 45.5 Å². The average Bonchev–Trinajstić information content (AvgIpc) is 3.31. The van der Waals surface area contributed by atoms with Crippen LogP contribution in [0.5, 0.6) is 5.75 Å². The van der Waals surface area contributed by atoms with Crippen molar-refractivity contribution in [3.63, 3.8) is 0 Å². The predicted molar refractivity (Wildman–Crippen MR) is 159 cm³/mol. The molecule has 1 aliphatic rings. The van der Waals surface area contributed by atoms with E-state index in [1.807, 2.05) is 49.4 Å². The van der Waals surface area contributed by atoms with Crippen LogP contribution >= 0.6 is 0 Å². The van der Waals surface area contributed by atoms with Crippen molar-refractivity contribution in [1.29, 1.82) is 5.26 Å². The standard InChI is InChI=1S/C34H17F3N6O/c1-18-11-22-20(12-19(18)30-16-40-25-7-3-5-9-27(25)42-30)21-13-24(31-17-41-26-8-4-6-10-28(26)43-31)32(44-34(35,36)37)14-23(21)33(22)29(15-38)39-2/h3-14,16-17H,1H3/b33-29+. The number of para-hydroxylation sites is 4. The normalized spacial score (nSPS) is 13.2. The number of aromatic nitrogens is 4. The fourth-order valence-electron chi connectivity index (χ4n) is 5.54. The van der Waals surface area contributed by atoms with E-state index in [2.05, 4.69) is 24.5 Å². The lowest BCUT2D eigenvalue weighted by atomic mass is 9.95. The molecule has 0 fully saturated rings. The van der Waals surface area contributed by atoms with Gasteiger partial charge in [-0.25, -0.2) is 20.1 Å². The molecule has 0 saturated carbocycles. The third kappa shape index (κ3) is 4.46. The summed E-state index contributed by atoms with van der Waals surface area (Å²) in [5.41, 5.74) is 6.81. The molecular weight excluding hydrogens is 565 g/mol. The molecule has 0 amide bonds. The number of allylic oxidation sites excluding steroid dienone is 1. The Balaban J connectivity index is 1.51. The molecule has 1 aliphatic carbocycles. The maximum atomic E-state index is 13.7. The summed E-state index contributed by atoms with van der Waals surface area (Å²) < 4.78 is 45.6. The molecule has 0 unspecified atom stereocenters. The molecule has 10 heteroatoms. The minimum Gasteiger partial charge on any atom is -0.405 e. The number of alkyl halides is 3. The van der Waals surface area contributed by atoms with Crippen LogP contribution in [0.3, 0.4) is 0 Å². The van der Waals surface area contributed by atoms with Gasteiger partial charge in [-0.3, -0.25) is 9.97 Å². The van der Waals surface area contributed by atoms with Crippen molar-refractivity contribution < 1.29 is 17.9 Å². The molecule has 0 atom stereocenters. The molecule has 0 saturated heterocycles. The van der Waals surface area contributed by atoms with Crippen molar-refractivity contribution >= 4 is 27.6 Å². The largest absolute Gasteiger partial charge is 0.573 e. The zero-order valence-electron chi connectivity index (χ0n) is 22.8. The summed E-state index contributed by atoms with van der Waals surface area (Å²) in [5, 5.41) is 9.86. The molecular formula is C34H17F3N6O. The topological polar surface area (TPSA) is 88.9 Å². The Kier molecular flexibility index (Phi) is 6.08. The van der Waals surface area contributed by atoms with Gasteiger partial charge in [0.25, 0.3) is 5.70 Å². The second kappa shape index (κ2) is 10.0. The first-order valence-electron chi connectivity index (χ1n) is 13.3. The van der Waals surface area contributed by atoms with Crippen molar-refractivity contribution in [1.82, 2.24) is 19.9 Å². The minimum absolute atomic E-state index is 0.0560. The molecule has 4 aromatic carbocycles. The van der Waals surface area contributed by atoms with E-state index in [4.69, 9.17) is 11.6 Å². The van der Waals surface area contributed by atoms with E-state index < -0.39 is 12.1 Å². The van der Waals surface area contributed by atoms with Gasteiger partial charge in [-0.2, -0.15) is 0 Å². The highest BCUT2D eigenvalue weighted by Crippen LogP contribution is 2.51. The molecule has 2 aromatic heterocycles. The average molecular weight is 583 g/mol. The smallest absolute Gasteiger partial charge is 0.405 e. The first-order chi connectivity index (χ1) is 21.2. The second-order valence-corrected chi connectivity index (χ2v) is 10.1. The van der Waals surface area contributed by atoms with E-state index in [9.17, 15) is 18.4 Å². The SMILES string of the molecule is [C-]#[N+]/C(C#N)=C1\c2cc(C)c(-c3cnc4ccccc4n3)cc2-c2cc(-c3cnc4ccccc4n3)c(OC(F)(F)F)cc21. The van der Waals surface area contributed by atoms with Crippen LogP contribution in [0.4, 0.5) is 13.2 Å². The van der Waals surface area contributed by atoms with Gasteiger partial charge in [0.1, 0.15) is 5.75 Å². The van der Waals surface area contributed by atoms with Crippen molar-refractivity contribution in [2.24, 2.45) is 0 Å². The summed E-state index contributed by atoms with van der Waals surface area (Å²) in [6.07, 6.45) is -1.95. The number of hydrogen-bond acceptors (Lipinski definition) is 6. The lowest BCUT2D eigenvalue weighted by molar-refractivity contribution is -0.274. The Bertz CT molecular complexity index is 2280. The van der Waals surface area contributed by atoms with Crippen LogP contribution in [-0.2, 0) is 0 Å². The van der Waals surface area contributed by atoms with E-state index in [0.717, 1.165) is 16.6 Å². The van der Waals surface area contributed by atoms with E-state index in [1.165, 1.54) is 12.3 Å². The summed E-state index contributed by atoms with van der Waals surface area (Å²) in [4.78, 5) is 21.7. The van der Waals surface area contributed by atoms with Crippen LogP contribution in [0.25, 0.3) is 66.1 Å². The highest BCUT2D eigenvalue weighted by atomic mass is 19.4. The Hall–Kier alpha value is -6.13. The van der Waals surface area contributed by atoms with Crippen LogP contribution in [0.1, 0.15) is 16.7 Å². The lowest BCUT2D eigenvalue weighted by Crippen LogP contribution is -2.18. The molecule has 6 aromatic rings. The van der Waals surface area contributed by atoms with Gasteiger partial charge in [0, 0.05) is 16.7 Å². The van der Waals surface area contributed by atoms with E-state index >= 15 is 0 Å². The molecule has 0 N–H and O–H groups in total. The fraction of sp³-hybridized carbons (Fsp3) is 0.0588. The Morgan fingerprint density at radius 3 is 1.82 bits per heavy atom. The molecule has 0 radical (unpaired) electrons. The van der Waals surface area contributed by atoms with Gasteiger partial charge >= 0.3 is 6.36 Å². The number of ether oxygens (including phenoxy) is 1. The Morgan fingerprint density at radius 1 is 0.750 bits per heavy atom. The van der Waals surface area contributed by atoms with Gasteiger partial charge in [-0.15, -0.1) is 13.2 Å². The zero-order valence-corrected chi connectivity index (χ0v) is 22.8. The highest BCUT2D eigenvalue weighted by Gasteiger charge is 2.35. The number of hydrogen-bond donors (Lipinski definition) is 0. The maximum absolute atomic E-state index is 13.7. The lowest BCUT2D eigenvalue weighted by Gasteiger charge is -2.16. The van der Waals surface area contributed by atoms with Crippen molar-refractivity contribution in [2.45, 2.75) is 13.3 Å². The Morgan fingerprint density at radius 2 is 1.27 bits per heavy atom. The predicted octanol–water partition coefficient (Wildman–Crippen LogP) is 8.30. The first kappa shape index (κ1) is 26.7. The molecule has 2 heterocycles. The molecule has 7 rings (SSSR count). The van der Waals surface area contributed by atoms with E-state index in [-0.39, 0.29) is 28.1 Å². The summed E-state index contributed by atoms with van der Waals surface area (Å²) in [6.45, 7) is 9.53. The van der Waals surface area contributed by atoms with Crippen molar-refractivity contribution in [3.05, 3.63) is 119 Å². The first-order valence-corrected chi connectivity index (χ1v) is 13.3.